The zero-order chi connectivity index (χ0) is 11.5. The molecule has 1 aliphatic rings. The van der Waals surface area contributed by atoms with Crippen molar-refractivity contribution in [1.29, 1.82) is 0 Å². The summed E-state index contributed by atoms with van der Waals surface area (Å²) in [5.74, 6) is -0.836. The minimum absolute atomic E-state index is 0.0656. The third-order valence-electron chi connectivity index (χ3n) is 2.48. The minimum Gasteiger partial charge on any atom is -0.481 e. The van der Waals surface area contributed by atoms with Gasteiger partial charge in [-0.15, -0.1) is 0 Å². The number of carboxylic acid groups (broad SMARTS) is 1. The van der Waals surface area contributed by atoms with E-state index in [0.717, 1.165) is 16.7 Å². The van der Waals surface area contributed by atoms with Gasteiger partial charge in [0.2, 0.25) is 0 Å². The molecule has 16 heavy (non-hydrogen) atoms. The molecule has 1 heterocycles. The predicted molar refractivity (Wildman–Crippen MR) is 59.6 cm³/mol. The van der Waals surface area contributed by atoms with E-state index in [9.17, 15) is 9.82 Å². The number of rotatable bonds is 4. The summed E-state index contributed by atoms with van der Waals surface area (Å²) in [6, 6.07) is 5.51. The first-order chi connectivity index (χ1) is 7.66. The predicted octanol–water partition coefficient (Wildman–Crippen LogP) is -0.209. The van der Waals surface area contributed by atoms with E-state index in [1.54, 1.807) is 6.07 Å². The summed E-state index contributed by atoms with van der Waals surface area (Å²) >= 11 is 0. The summed E-state index contributed by atoms with van der Waals surface area (Å²) in [7, 11) is -0.865. The van der Waals surface area contributed by atoms with Crippen LogP contribution >= 0.6 is 0 Å². The molecule has 1 aliphatic heterocycles. The molecule has 1 aromatic carbocycles. The molecule has 5 nitrogen and oxygen atoms in total. The van der Waals surface area contributed by atoms with E-state index < -0.39 is 13.1 Å². The fourth-order valence-electron chi connectivity index (χ4n) is 1.64. The second kappa shape index (κ2) is 4.55. The number of aliphatic carboxylic acids is 1. The molecule has 0 aliphatic carbocycles. The first-order valence-corrected chi connectivity index (χ1v) is 5.05. The van der Waals surface area contributed by atoms with Gasteiger partial charge in [0.25, 0.3) is 0 Å². The van der Waals surface area contributed by atoms with Crippen LogP contribution in [-0.2, 0) is 16.1 Å². The molecule has 0 saturated heterocycles. The zero-order valence-electron chi connectivity index (χ0n) is 8.64. The topological polar surface area (TPSA) is 78.8 Å². The van der Waals surface area contributed by atoms with Crippen molar-refractivity contribution in [2.24, 2.45) is 0 Å². The molecule has 0 radical (unpaired) electrons. The van der Waals surface area contributed by atoms with Gasteiger partial charge < -0.3 is 20.1 Å². The van der Waals surface area contributed by atoms with Crippen molar-refractivity contribution in [2.75, 3.05) is 11.9 Å². The van der Waals surface area contributed by atoms with E-state index in [1.165, 1.54) is 0 Å². The summed E-state index contributed by atoms with van der Waals surface area (Å²) < 4.78 is 5.05. The Morgan fingerprint density at radius 1 is 1.56 bits per heavy atom. The van der Waals surface area contributed by atoms with Crippen molar-refractivity contribution < 1.29 is 19.6 Å². The van der Waals surface area contributed by atoms with Crippen molar-refractivity contribution in [3.05, 3.63) is 23.8 Å². The van der Waals surface area contributed by atoms with E-state index in [-0.39, 0.29) is 6.42 Å². The van der Waals surface area contributed by atoms with Gasteiger partial charge >= 0.3 is 13.1 Å². The normalized spacial score (nSPS) is 13.7. The van der Waals surface area contributed by atoms with Gasteiger partial charge in [-0.3, -0.25) is 4.79 Å². The van der Waals surface area contributed by atoms with Gasteiger partial charge in [0.05, 0.1) is 13.0 Å². The highest BCUT2D eigenvalue weighted by molar-refractivity contribution is 6.61. The number of benzene rings is 1. The standard InChI is InChI=1S/C10H12BNO4/c13-10(14)3-4-12-8-2-1-7-6-16-11(15)9(7)5-8/h1-2,5,12,15H,3-4,6H2,(H,13,14). The van der Waals surface area contributed by atoms with Crippen LogP contribution in [0, 0.1) is 0 Å². The van der Waals surface area contributed by atoms with Gasteiger partial charge in [-0.25, -0.2) is 0 Å². The number of fused-ring (bicyclic) bond motifs is 1. The highest BCUT2D eigenvalue weighted by Crippen LogP contribution is 2.14. The highest BCUT2D eigenvalue weighted by atomic mass is 16.5. The SMILES string of the molecule is O=C(O)CCNc1ccc2c(c1)B(O)OC2. The lowest BCUT2D eigenvalue weighted by atomic mass is 9.79. The molecule has 2 rings (SSSR count). The summed E-state index contributed by atoms with van der Waals surface area (Å²) in [6.45, 7) is 0.789. The Morgan fingerprint density at radius 3 is 3.12 bits per heavy atom. The van der Waals surface area contributed by atoms with Crippen LogP contribution in [0.5, 0.6) is 0 Å². The number of nitrogens with one attached hydrogen (secondary N) is 1. The van der Waals surface area contributed by atoms with Gasteiger partial charge in [0, 0.05) is 12.2 Å². The van der Waals surface area contributed by atoms with Crippen LogP contribution in [0.25, 0.3) is 0 Å². The van der Waals surface area contributed by atoms with Crippen LogP contribution in [-0.4, -0.2) is 29.8 Å². The van der Waals surface area contributed by atoms with Gasteiger partial charge in [0.1, 0.15) is 0 Å². The molecule has 0 bridgehead atoms. The number of carboxylic acids is 1. The lowest BCUT2D eigenvalue weighted by Gasteiger charge is -2.06. The summed E-state index contributed by atoms with van der Waals surface area (Å²) in [5.41, 5.74) is 2.51. The zero-order valence-corrected chi connectivity index (χ0v) is 8.64. The molecule has 3 N–H and O–H groups in total. The maximum atomic E-state index is 10.3. The molecular weight excluding hydrogens is 209 g/mol. The van der Waals surface area contributed by atoms with Crippen molar-refractivity contribution >= 4 is 24.2 Å². The van der Waals surface area contributed by atoms with E-state index in [2.05, 4.69) is 5.32 Å². The first-order valence-electron chi connectivity index (χ1n) is 5.05. The van der Waals surface area contributed by atoms with E-state index in [4.69, 9.17) is 9.76 Å². The summed E-state index contributed by atoms with van der Waals surface area (Å²) in [5, 5.41) is 20.9. The second-order valence-electron chi connectivity index (χ2n) is 3.65. The fraction of sp³-hybridized carbons (Fsp3) is 0.300. The average molecular weight is 221 g/mol. The van der Waals surface area contributed by atoms with Crippen LogP contribution < -0.4 is 10.8 Å². The smallest absolute Gasteiger partial charge is 0.481 e. The number of hydrogen-bond donors (Lipinski definition) is 3. The highest BCUT2D eigenvalue weighted by Gasteiger charge is 2.27. The maximum Gasteiger partial charge on any atom is 0.491 e. The Morgan fingerprint density at radius 2 is 2.38 bits per heavy atom. The van der Waals surface area contributed by atoms with E-state index in [1.807, 2.05) is 12.1 Å². The average Bonchev–Trinajstić information content (AvgIpc) is 2.60. The molecule has 0 amide bonds. The molecule has 0 spiro atoms. The lowest BCUT2D eigenvalue weighted by molar-refractivity contribution is -0.136. The van der Waals surface area contributed by atoms with Crippen molar-refractivity contribution in [2.45, 2.75) is 13.0 Å². The number of anilines is 1. The Balaban J connectivity index is 2.01. The Kier molecular flexibility index (Phi) is 3.12. The molecule has 0 unspecified atom stereocenters. The molecule has 0 fully saturated rings. The largest absolute Gasteiger partial charge is 0.491 e. The molecule has 1 aromatic rings. The molecule has 6 heteroatoms. The van der Waals surface area contributed by atoms with E-state index >= 15 is 0 Å². The number of carbonyl (C=O) groups is 1. The van der Waals surface area contributed by atoms with Crippen LogP contribution in [0.4, 0.5) is 5.69 Å². The Bertz CT molecular complexity index is 410. The van der Waals surface area contributed by atoms with Gasteiger partial charge in [-0.05, 0) is 23.2 Å². The first kappa shape index (κ1) is 11.0. The van der Waals surface area contributed by atoms with Crippen LogP contribution in [0.2, 0.25) is 0 Å². The molecule has 0 aromatic heterocycles. The van der Waals surface area contributed by atoms with Crippen molar-refractivity contribution in [3.8, 4) is 0 Å². The minimum atomic E-state index is -0.865. The molecular formula is C10H12BNO4. The Labute approximate surface area is 93.2 Å². The fourth-order valence-corrected chi connectivity index (χ4v) is 1.64. The second-order valence-corrected chi connectivity index (χ2v) is 3.65. The van der Waals surface area contributed by atoms with Crippen LogP contribution in [0.1, 0.15) is 12.0 Å². The van der Waals surface area contributed by atoms with Crippen molar-refractivity contribution in [3.63, 3.8) is 0 Å². The summed E-state index contributed by atoms with van der Waals surface area (Å²) in [4.78, 5) is 10.3. The molecule has 0 atom stereocenters. The maximum absolute atomic E-state index is 10.3. The van der Waals surface area contributed by atoms with E-state index in [0.29, 0.717) is 13.2 Å². The van der Waals surface area contributed by atoms with Gasteiger partial charge in [-0.1, -0.05) is 6.07 Å². The van der Waals surface area contributed by atoms with Crippen LogP contribution in [0.15, 0.2) is 18.2 Å². The quantitative estimate of drug-likeness (QED) is 0.613. The monoisotopic (exact) mass is 221 g/mol. The third kappa shape index (κ3) is 2.34. The molecule has 0 saturated carbocycles. The lowest BCUT2D eigenvalue weighted by Crippen LogP contribution is -2.28. The van der Waals surface area contributed by atoms with Gasteiger partial charge in [-0.2, -0.15) is 0 Å². The third-order valence-corrected chi connectivity index (χ3v) is 2.48. The van der Waals surface area contributed by atoms with Gasteiger partial charge in [0.15, 0.2) is 0 Å². The summed E-state index contributed by atoms with van der Waals surface area (Å²) in [6.07, 6.45) is 0.0656. The Hall–Kier alpha value is -1.53. The van der Waals surface area contributed by atoms with Crippen molar-refractivity contribution in [1.82, 2.24) is 0 Å². The molecule has 84 valence electrons. The number of hydrogen-bond acceptors (Lipinski definition) is 4. The van der Waals surface area contributed by atoms with Crippen LogP contribution in [0.3, 0.4) is 0 Å².